The second-order valence-corrected chi connectivity index (χ2v) is 4.84. The van der Waals surface area contributed by atoms with Crippen LogP contribution in [-0.4, -0.2) is 25.7 Å². The van der Waals surface area contributed by atoms with E-state index in [2.05, 4.69) is 34.6 Å². The molecule has 106 valence electrons. The van der Waals surface area contributed by atoms with Crippen LogP contribution < -0.4 is 11.1 Å². The van der Waals surface area contributed by atoms with Crippen LogP contribution in [-0.2, 0) is 11.3 Å². The number of nitrogens with zero attached hydrogens (tertiary/aromatic N) is 1. The maximum Gasteiger partial charge on any atom is 0.189 e. The second-order valence-electron chi connectivity index (χ2n) is 4.84. The number of fused-ring (bicyclic) bond motifs is 1. The standard InChI is InChI=1S/C16H21N3O/c1-12(11-20-2)19-16(17)18-10-14-8-5-7-13-6-3-4-9-15(13)14/h3-9,12H,10-11H2,1-2H3,(H3,17,18,19). The Bertz CT molecular complexity index is 590. The molecular formula is C16H21N3O. The molecule has 0 spiro atoms. The molecule has 0 aliphatic carbocycles. The molecule has 2 aromatic rings. The normalized spacial score (nSPS) is 13.4. The molecule has 0 heterocycles. The number of hydrogen-bond donors (Lipinski definition) is 2. The minimum atomic E-state index is 0.149. The van der Waals surface area contributed by atoms with E-state index in [1.54, 1.807) is 7.11 Å². The van der Waals surface area contributed by atoms with Gasteiger partial charge in [-0.1, -0.05) is 42.5 Å². The van der Waals surface area contributed by atoms with Gasteiger partial charge in [-0.15, -0.1) is 0 Å². The molecular weight excluding hydrogens is 250 g/mol. The molecule has 0 aliphatic heterocycles. The van der Waals surface area contributed by atoms with Gasteiger partial charge in [0.25, 0.3) is 0 Å². The summed E-state index contributed by atoms with van der Waals surface area (Å²) in [6.07, 6.45) is 0. The molecule has 0 radical (unpaired) electrons. The smallest absolute Gasteiger partial charge is 0.189 e. The Labute approximate surface area is 119 Å². The first-order valence-corrected chi connectivity index (χ1v) is 6.72. The molecule has 0 bridgehead atoms. The van der Waals surface area contributed by atoms with Crippen LogP contribution in [0.15, 0.2) is 47.5 Å². The molecule has 0 saturated heterocycles. The average molecular weight is 271 g/mol. The molecule has 1 unspecified atom stereocenters. The maximum absolute atomic E-state index is 5.88. The first-order chi connectivity index (χ1) is 9.70. The summed E-state index contributed by atoms with van der Waals surface area (Å²) in [5, 5.41) is 5.54. The Morgan fingerprint density at radius 2 is 2.00 bits per heavy atom. The van der Waals surface area contributed by atoms with E-state index in [-0.39, 0.29) is 6.04 Å². The first-order valence-electron chi connectivity index (χ1n) is 6.72. The van der Waals surface area contributed by atoms with Crippen molar-refractivity contribution in [3.63, 3.8) is 0 Å². The predicted octanol–water partition coefficient (Wildman–Crippen LogP) is 2.28. The van der Waals surface area contributed by atoms with Crippen LogP contribution in [0.1, 0.15) is 12.5 Å². The molecule has 20 heavy (non-hydrogen) atoms. The number of rotatable bonds is 5. The SMILES string of the molecule is COCC(C)NC(N)=NCc1cccc2ccccc12. The Kier molecular flexibility index (Phi) is 4.96. The van der Waals surface area contributed by atoms with E-state index < -0.39 is 0 Å². The van der Waals surface area contributed by atoms with E-state index in [9.17, 15) is 0 Å². The number of benzene rings is 2. The predicted molar refractivity (Wildman–Crippen MR) is 83.7 cm³/mol. The van der Waals surface area contributed by atoms with E-state index in [0.717, 1.165) is 0 Å². The van der Waals surface area contributed by atoms with Gasteiger partial charge in [-0.25, -0.2) is 4.99 Å². The third-order valence-corrected chi connectivity index (χ3v) is 3.11. The van der Waals surface area contributed by atoms with Gasteiger partial charge in [-0.2, -0.15) is 0 Å². The van der Waals surface area contributed by atoms with Crippen molar-refractivity contribution in [2.45, 2.75) is 19.5 Å². The fraction of sp³-hybridized carbons (Fsp3) is 0.312. The van der Waals surface area contributed by atoms with Gasteiger partial charge in [0.15, 0.2) is 5.96 Å². The molecule has 2 rings (SSSR count). The summed E-state index contributed by atoms with van der Waals surface area (Å²) in [5.74, 6) is 0.447. The van der Waals surface area contributed by atoms with Crippen LogP contribution in [0.5, 0.6) is 0 Å². The van der Waals surface area contributed by atoms with Crippen LogP contribution in [0, 0.1) is 0 Å². The van der Waals surface area contributed by atoms with Crippen LogP contribution in [0.2, 0.25) is 0 Å². The zero-order valence-electron chi connectivity index (χ0n) is 12.0. The minimum absolute atomic E-state index is 0.149. The van der Waals surface area contributed by atoms with Gasteiger partial charge in [-0.05, 0) is 23.3 Å². The Morgan fingerprint density at radius 1 is 1.25 bits per heavy atom. The summed E-state index contributed by atoms with van der Waals surface area (Å²) in [6.45, 7) is 3.17. The van der Waals surface area contributed by atoms with Crippen molar-refractivity contribution in [1.29, 1.82) is 0 Å². The van der Waals surface area contributed by atoms with E-state index in [4.69, 9.17) is 10.5 Å². The molecule has 0 fully saturated rings. The van der Waals surface area contributed by atoms with Gasteiger partial charge < -0.3 is 15.8 Å². The lowest BCUT2D eigenvalue weighted by Crippen LogP contribution is -2.40. The summed E-state index contributed by atoms with van der Waals surface area (Å²) >= 11 is 0. The number of ether oxygens (including phenoxy) is 1. The zero-order chi connectivity index (χ0) is 14.4. The average Bonchev–Trinajstić information content (AvgIpc) is 2.45. The van der Waals surface area contributed by atoms with Gasteiger partial charge >= 0.3 is 0 Å². The highest BCUT2D eigenvalue weighted by Gasteiger charge is 2.03. The van der Waals surface area contributed by atoms with Crippen molar-refractivity contribution in [2.24, 2.45) is 10.7 Å². The zero-order valence-corrected chi connectivity index (χ0v) is 12.0. The van der Waals surface area contributed by atoms with E-state index in [1.165, 1.54) is 16.3 Å². The Morgan fingerprint density at radius 3 is 2.80 bits per heavy atom. The fourth-order valence-electron chi connectivity index (χ4n) is 2.19. The molecule has 0 saturated carbocycles. The van der Waals surface area contributed by atoms with Crippen molar-refractivity contribution >= 4 is 16.7 Å². The van der Waals surface area contributed by atoms with Gasteiger partial charge in [-0.3, -0.25) is 0 Å². The molecule has 1 atom stereocenters. The molecule has 4 nitrogen and oxygen atoms in total. The number of hydrogen-bond acceptors (Lipinski definition) is 2. The number of nitrogens with one attached hydrogen (secondary N) is 1. The summed E-state index contributed by atoms with van der Waals surface area (Å²) in [6, 6.07) is 14.7. The lowest BCUT2D eigenvalue weighted by atomic mass is 10.1. The first kappa shape index (κ1) is 14.3. The van der Waals surface area contributed by atoms with Crippen molar-refractivity contribution < 1.29 is 4.74 Å². The Balaban J connectivity index is 2.08. The largest absolute Gasteiger partial charge is 0.383 e. The third kappa shape index (κ3) is 3.71. The minimum Gasteiger partial charge on any atom is -0.383 e. The lowest BCUT2D eigenvalue weighted by molar-refractivity contribution is 0.179. The molecule has 0 aliphatic rings. The second kappa shape index (κ2) is 6.91. The van der Waals surface area contributed by atoms with Gasteiger partial charge in [0.2, 0.25) is 0 Å². The van der Waals surface area contributed by atoms with Crippen LogP contribution in [0.25, 0.3) is 10.8 Å². The molecule has 0 aromatic heterocycles. The summed E-state index contributed by atoms with van der Waals surface area (Å²) in [4.78, 5) is 4.39. The van der Waals surface area contributed by atoms with Crippen molar-refractivity contribution in [2.75, 3.05) is 13.7 Å². The number of nitrogens with two attached hydrogens (primary N) is 1. The highest BCUT2D eigenvalue weighted by molar-refractivity contribution is 5.86. The van der Waals surface area contributed by atoms with Crippen LogP contribution >= 0.6 is 0 Å². The number of methoxy groups -OCH3 is 1. The lowest BCUT2D eigenvalue weighted by Gasteiger charge is -2.13. The monoisotopic (exact) mass is 271 g/mol. The molecule has 4 heteroatoms. The number of aliphatic imine (C=N–C) groups is 1. The van der Waals surface area contributed by atoms with Gasteiger partial charge in [0.05, 0.1) is 13.2 Å². The summed E-state index contributed by atoms with van der Waals surface area (Å²) in [7, 11) is 1.67. The quantitative estimate of drug-likeness (QED) is 0.648. The highest BCUT2D eigenvalue weighted by Crippen LogP contribution is 2.18. The molecule has 2 aromatic carbocycles. The van der Waals surface area contributed by atoms with Gasteiger partial charge in [0, 0.05) is 13.2 Å². The number of guanidine groups is 1. The third-order valence-electron chi connectivity index (χ3n) is 3.11. The van der Waals surface area contributed by atoms with Crippen LogP contribution in [0.4, 0.5) is 0 Å². The molecule has 0 amide bonds. The van der Waals surface area contributed by atoms with E-state index in [1.807, 2.05) is 25.1 Å². The Hall–Kier alpha value is -2.07. The molecule has 3 N–H and O–H groups in total. The van der Waals surface area contributed by atoms with Crippen molar-refractivity contribution in [3.8, 4) is 0 Å². The van der Waals surface area contributed by atoms with Crippen molar-refractivity contribution in [1.82, 2.24) is 5.32 Å². The van der Waals surface area contributed by atoms with E-state index >= 15 is 0 Å². The summed E-state index contributed by atoms with van der Waals surface area (Å²) in [5.41, 5.74) is 7.05. The topological polar surface area (TPSA) is 59.6 Å². The summed E-state index contributed by atoms with van der Waals surface area (Å²) < 4.78 is 5.05. The van der Waals surface area contributed by atoms with Crippen LogP contribution in [0.3, 0.4) is 0 Å². The maximum atomic E-state index is 5.88. The fourth-order valence-corrected chi connectivity index (χ4v) is 2.19. The van der Waals surface area contributed by atoms with Crippen molar-refractivity contribution in [3.05, 3.63) is 48.0 Å². The van der Waals surface area contributed by atoms with Gasteiger partial charge in [0.1, 0.15) is 0 Å². The van der Waals surface area contributed by atoms with E-state index in [0.29, 0.717) is 19.1 Å². The highest BCUT2D eigenvalue weighted by atomic mass is 16.5.